The molecule has 1 aromatic carbocycles. The third-order valence-electron chi connectivity index (χ3n) is 4.93. The van der Waals surface area contributed by atoms with E-state index in [0.29, 0.717) is 19.0 Å². The van der Waals surface area contributed by atoms with Crippen LogP contribution < -0.4 is 5.32 Å². The maximum Gasteiger partial charge on any atom is 0.287 e. The molecule has 1 saturated heterocycles. The van der Waals surface area contributed by atoms with Crippen molar-refractivity contribution in [1.82, 2.24) is 9.62 Å². The summed E-state index contributed by atoms with van der Waals surface area (Å²) in [7, 11) is -3.69. The van der Waals surface area contributed by atoms with Gasteiger partial charge in [0, 0.05) is 13.1 Å². The summed E-state index contributed by atoms with van der Waals surface area (Å²) in [5.41, 5.74) is 1.01. The van der Waals surface area contributed by atoms with Gasteiger partial charge >= 0.3 is 0 Å². The molecule has 2 heterocycles. The lowest BCUT2D eigenvalue weighted by molar-refractivity contribution is 0.0898. The zero-order valence-corrected chi connectivity index (χ0v) is 17.2. The summed E-state index contributed by atoms with van der Waals surface area (Å²) in [6, 6.07) is 12.4. The summed E-state index contributed by atoms with van der Waals surface area (Å²) in [5.74, 6) is -0.00739. The first-order valence-electron chi connectivity index (χ1n) is 9.83. The van der Waals surface area contributed by atoms with Crippen molar-refractivity contribution in [2.45, 2.75) is 50.7 Å². The van der Waals surface area contributed by atoms with E-state index in [-0.39, 0.29) is 16.9 Å². The Kier molecular flexibility index (Phi) is 6.57. The number of nitrogens with one attached hydrogen (secondary N) is 1. The van der Waals surface area contributed by atoms with Crippen LogP contribution in [0.4, 0.5) is 0 Å². The molecule has 0 aliphatic carbocycles. The lowest BCUT2D eigenvalue weighted by Crippen LogP contribution is -2.35. The molecule has 2 aromatic rings. The third-order valence-corrected chi connectivity index (χ3v) is 6.70. The van der Waals surface area contributed by atoms with Gasteiger partial charge in [-0.3, -0.25) is 4.79 Å². The van der Waals surface area contributed by atoms with Crippen molar-refractivity contribution < 1.29 is 17.6 Å². The molecule has 0 bridgehead atoms. The summed E-state index contributed by atoms with van der Waals surface area (Å²) in [6.07, 6.45) is 3.51. The number of hydrogen-bond donors (Lipinski definition) is 1. The average Bonchev–Trinajstić information content (AvgIpc) is 3.20. The van der Waals surface area contributed by atoms with Gasteiger partial charge in [0.05, 0.1) is 6.04 Å². The maximum absolute atomic E-state index is 12.7. The van der Waals surface area contributed by atoms with Crippen molar-refractivity contribution in [3.8, 4) is 0 Å². The Morgan fingerprint density at radius 3 is 2.39 bits per heavy atom. The van der Waals surface area contributed by atoms with Gasteiger partial charge in [-0.1, -0.05) is 50.6 Å². The number of piperidine rings is 1. The number of carbonyl (C=O) groups excluding carboxylic acids is 1. The van der Waals surface area contributed by atoms with Crippen molar-refractivity contribution in [2.75, 3.05) is 13.1 Å². The minimum atomic E-state index is -3.69. The number of sulfonamides is 1. The van der Waals surface area contributed by atoms with E-state index in [1.54, 1.807) is 0 Å². The summed E-state index contributed by atoms with van der Waals surface area (Å²) in [4.78, 5) is 12.7. The van der Waals surface area contributed by atoms with E-state index in [4.69, 9.17) is 4.42 Å². The zero-order valence-electron chi connectivity index (χ0n) is 16.4. The van der Waals surface area contributed by atoms with Crippen molar-refractivity contribution in [1.29, 1.82) is 0 Å². The number of rotatable bonds is 7. The normalized spacial score (nSPS) is 16.8. The number of carbonyl (C=O) groups is 1. The molecule has 1 aromatic heterocycles. The van der Waals surface area contributed by atoms with E-state index in [1.807, 2.05) is 30.3 Å². The largest absolute Gasteiger partial charge is 0.438 e. The van der Waals surface area contributed by atoms with Crippen LogP contribution in [0.25, 0.3) is 0 Å². The maximum atomic E-state index is 12.7. The van der Waals surface area contributed by atoms with Crippen LogP contribution in [-0.4, -0.2) is 31.7 Å². The molecule has 1 aliphatic heterocycles. The standard InChI is InChI=1S/C21H28N2O4S/c1-16(2)15-18(17-9-5-3-6-10-17)22-21(24)19-11-12-20(27-19)28(25,26)23-13-7-4-8-14-23/h3,5-6,9-12,16,18H,4,7-8,13-15H2,1-2H3,(H,22,24). The molecule has 6 nitrogen and oxygen atoms in total. The second-order valence-corrected chi connectivity index (χ2v) is 9.52. The minimum Gasteiger partial charge on any atom is -0.438 e. The molecule has 1 amide bonds. The number of amides is 1. The van der Waals surface area contributed by atoms with Crippen LogP contribution in [0.2, 0.25) is 0 Å². The van der Waals surface area contributed by atoms with Crippen LogP contribution in [0.5, 0.6) is 0 Å². The van der Waals surface area contributed by atoms with Gasteiger partial charge in [-0.2, -0.15) is 4.31 Å². The molecule has 1 aliphatic rings. The zero-order chi connectivity index (χ0) is 20.1. The highest BCUT2D eigenvalue weighted by Gasteiger charge is 2.30. The van der Waals surface area contributed by atoms with Crippen LogP contribution in [0.15, 0.2) is 52.0 Å². The van der Waals surface area contributed by atoms with Crippen LogP contribution in [0.3, 0.4) is 0 Å². The summed E-state index contributed by atoms with van der Waals surface area (Å²) < 4.78 is 32.3. The van der Waals surface area contributed by atoms with Gasteiger partial charge in [-0.15, -0.1) is 0 Å². The van der Waals surface area contributed by atoms with E-state index >= 15 is 0 Å². The predicted octanol–water partition coefficient (Wildman–Crippen LogP) is 3.97. The van der Waals surface area contributed by atoms with Gasteiger partial charge in [-0.25, -0.2) is 8.42 Å². The first-order chi connectivity index (χ1) is 13.4. The highest BCUT2D eigenvalue weighted by atomic mass is 32.2. The SMILES string of the molecule is CC(C)CC(NC(=O)c1ccc(S(=O)(=O)N2CCCCC2)o1)c1ccccc1. The molecule has 0 radical (unpaired) electrons. The molecule has 1 atom stereocenters. The van der Waals surface area contributed by atoms with Gasteiger partial charge in [0.1, 0.15) is 0 Å². The summed E-state index contributed by atoms with van der Waals surface area (Å²) in [6.45, 7) is 5.18. The van der Waals surface area contributed by atoms with E-state index in [9.17, 15) is 13.2 Å². The number of benzene rings is 1. The van der Waals surface area contributed by atoms with Gasteiger partial charge in [0.25, 0.3) is 15.9 Å². The Balaban J connectivity index is 1.75. The van der Waals surface area contributed by atoms with Crippen molar-refractivity contribution in [3.05, 3.63) is 53.8 Å². The van der Waals surface area contributed by atoms with E-state index in [1.165, 1.54) is 16.4 Å². The van der Waals surface area contributed by atoms with E-state index < -0.39 is 15.9 Å². The van der Waals surface area contributed by atoms with Crippen molar-refractivity contribution >= 4 is 15.9 Å². The van der Waals surface area contributed by atoms with Crippen molar-refractivity contribution in [3.63, 3.8) is 0 Å². The Bertz CT molecular complexity index is 884. The van der Waals surface area contributed by atoms with Crippen LogP contribution in [0.1, 0.15) is 61.7 Å². The minimum absolute atomic E-state index is 0.0141. The molecule has 1 N–H and O–H groups in total. The second kappa shape index (κ2) is 8.92. The fourth-order valence-corrected chi connectivity index (χ4v) is 4.91. The first kappa shape index (κ1) is 20.6. The van der Waals surface area contributed by atoms with E-state index in [2.05, 4.69) is 19.2 Å². The lowest BCUT2D eigenvalue weighted by atomic mass is 9.97. The quantitative estimate of drug-likeness (QED) is 0.757. The van der Waals surface area contributed by atoms with E-state index in [0.717, 1.165) is 31.2 Å². The molecule has 152 valence electrons. The Labute approximate surface area is 167 Å². The molecule has 0 spiro atoms. The highest BCUT2D eigenvalue weighted by Crippen LogP contribution is 2.24. The molecule has 1 unspecified atom stereocenters. The van der Waals surface area contributed by atoms with Crippen molar-refractivity contribution in [2.24, 2.45) is 5.92 Å². The highest BCUT2D eigenvalue weighted by molar-refractivity contribution is 7.89. The van der Waals surface area contributed by atoms with Gasteiger partial charge < -0.3 is 9.73 Å². The molecule has 1 fully saturated rings. The molecule has 7 heteroatoms. The summed E-state index contributed by atoms with van der Waals surface area (Å²) >= 11 is 0. The van der Waals surface area contributed by atoms with Crippen LogP contribution in [-0.2, 0) is 10.0 Å². The van der Waals surface area contributed by atoms with Gasteiger partial charge in [0.15, 0.2) is 5.76 Å². The first-order valence-corrected chi connectivity index (χ1v) is 11.3. The Morgan fingerprint density at radius 1 is 1.07 bits per heavy atom. The predicted molar refractivity (Wildman–Crippen MR) is 107 cm³/mol. The number of furan rings is 1. The molecular weight excluding hydrogens is 376 g/mol. The topological polar surface area (TPSA) is 79.6 Å². The fourth-order valence-electron chi connectivity index (χ4n) is 3.48. The second-order valence-electron chi connectivity index (χ2n) is 7.65. The Morgan fingerprint density at radius 2 is 1.75 bits per heavy atom. The third kappa shape index (κ3) is 4.83. The molecular formula is C21H28N2O4S. The molecule has 28 heavy (non-hydrogen) atoms. The Hall–Kier alpha value is -2.12. The smallest absolute Gasteiger partial charge is 0.287 e. The lowest BCUT2D eigenvalue weighted by Gasteiger charge is -2.24. The number of hydrogen-bond acceptors (Lipinski definition) is 4. The fraction of sp³-hybridized carbons (Fsp3) is 0.476. The van der Waals surface area contributed by atoms with Crippen LogP contribution >= 0.6 is 0 Å². The van der Waals surface area contributed by atoms with Gasteiger partial charge in [-0.05, 0) is 42.9 Å². The summed E-state index contributed by atoms with van der Waals surface area (Å²) in [5, 5.41) is 2.82. The number of nitrogens with zero attached hydrogens (tertiary/aromatic N) is 1. The molecule has 3 rings (SSSR count). The average molecular weight is 405 g/mol. The van der Waals surface area contributed by atoms with Gasteiger partial charge in [0.2, 0.25) is 5.09 Å². The van der Waals surface area contributed by atoms with Crippen LogP contribution in [0, 0.1) is 5.92 Å². The molecule has 0 saturated carbocycles. The monoisotopic (exact) mass is 404 g/mol.